The number of nitrogens with zero attached hydrogens (tertiary/aromatic N) is 3. The molecule has 36 heavy (non-hydrogen) atoms. The van der Waals surface area contributed by atoms with Crippen LogP contribution in [0.5, 0.6) is 11.5 Å². The summed E-state index contributed by atoms with van der Waals surface area (Å²) in [5.74, 6) is 0.544. The molecule has 0 radical (unpaired) electrons. The molecule has 2 heterocycles. The van der Waals surface area contributed by atoms with Gasteiger partial charge in [-0.3, -0.25) is 4.79 Å². The second-order valence-corrected chi connectivity index (χ2v) is 9.65. The first-order chi connectivity index (χ1) is 16.8. The summed E-state index contributed by atoms with van der Waals surface area (Å²) < 4.78 is 49.6. The number of carbonyl (C=O) groups excluding carboxylic acids is 1. The van der Waals surface area contributed by atoms with Gasteiger partial charge in [0, 0.05) is 18.9 Å². The van der Waals surface area contributed by atoms with Crippen molar-refractivity contribution in [2.75, 3.05) is 6.54 Å². The summed E-state index contributed by atoms with van der Waals surface area (Å²) in [5.41, 5.74) is 3.93. The zero-order valence-corrected chi connectivity index (χ0v) is 21.1. The number of halogens is 3. The number of ether oxygens (including phenoxy) is 2. The molecule has 1 aliphatic heterocycles. The average molecular weight is 486 g/mol. The molecule has 3 aromatic rings. The molecule has 178 valence electrons. The Kier molecular flexibility index (Phi) is 6.70. The van der Waals surface area contributed by atoms with Gasteiger partial charge in [0.2, 0.25) is 0 Å². The molecule has 0 atom stereocenters. The van der Waals surface area contributed by atoms with Crippen molar-refractivity contribution in [3.8, 4) is 22.6 Å². The second kappa shape index (κ2) is 9.33. The van der Waals surface area contributed by atoms with Crippen molar-refractivity contribution in [2.24, 2.45) is 0 Å². The van der Waals surface area contributed by atoms with Gasteiger partial charge in [0.1, 0.15) is 64.4 Å². The third kappa shape index (κ3) is 5.15. The summed E-state index contributed by atoms with van der Waals surface area (Å²) in [6.07, 6.45) is -1.54. The molecule has 0 saturated heterocycles. The van der Waals surface area contributed by atoms with E-state index in [0.29, 0.717) is 51.1 Å². The highest BCUT2D eigenvalue weighted by molar-refractivity contribution is 6.61. The van der Waals surface area contributed by atoms with Gasteiger partial charge in [-0.2, -0.15) is 0 Å². The summed E-state index contributed by atoms with van der Waals surface area (Å²) in [6.45, 7) is 0.545. The number of aromatic nitrogens is 2. The third-order valence-corrected chi connectivity index (χ3v) is 6.47. The van der Waals surface area contributed by atoms with Crippen LogP contribution < -0.4 is 31.3 Å². The van der Waals surface area contributed by atoms with Gasteiger partial charge in [0.15, 0.2) is 0 Å². The van der Waals surface area contributed by atoms with Crippen molar-refractivity contribution in [3.05, 3.63) is 48.0 Å². The Morgan fingerprint density at radius 2 is 1.64 bits per heavy atom. The highest BCUT2D eigenvalue weighted by Gasteiger charge is 2.35. The molecular weight excluding hydrogens is 464 g/mol. The van der Waals surface area contributed by atoms with Crippen molar-refractivity contribution in [1.29, 1.82) is 0 Å². The highest BCUT2D eigenvalue weighted by atomic mass is 19.4. The first-order valence-corrected chi connectivity index (χ1v) is 11.5. The minimum Gasteiger partial charge on any atom is -0.503 e. The fourth-order valence-electron chi connectivity index (χ4n) is 4.66. The molecule has 1 aromatic heterocycles. The predicted octanol–water partition coefficient (Wildman–Crippen LogP) is -4.97. The van der Waals surface area contributed by atoms with E-state index in [4.69, 9.17) is 4.74 Å². The first kappa shape index (κ1) is 25.9. The van der Waals surface area contributed by atoms with Crippen LogP contribution in [0.25, 0.3) is 11.1 Å². The Bertz CT molecular complexity index is 1310. The van der Waals surface area contributed by atoms with Gasteiger partial charge >= 0.3 is 6.36 Å². The molecule has 0 aliphatic carbocycles. The normalized spacial score (nSPS) is 15.1. The number of rotatable bonds is 4. The van der Waals surface area contributed by atoms with Crippen molar-refractivity contribution in [3.63, 3.8) is 0 Å². The van der Waals surface area contributed by atoms with E-state index in [1.54, 1.807) is 66.9 Å². The fourth-order valence-corrected chi connectivity index (χ4v) is 4.66. The fraction of sp³-hybridized carbons (Fsp3) is 0.190. The molecule has 0 bridgehead atoms. The quantitative estimate of drug-likeness (QED) is 0.346. The molecule has 0 unspecified atom stereocenters. The largest absolute Gasteiger partial charge is 0.573 e. The summed E-state index contributed by atoms with van der Waals surface area (Å²) in [5, 5.41) is -0.660. The van der Waals surface area contributed by atoms with Gasteiger partial charge in [-0.1, -0.05) is 27.9 Å². The molecule has 0 N–H and O–H groups in total. The Morgan fingerprint density at radius 3 is 2.22 bits per heavy atom. The number of hydrogen-bond acceptors (Lipinski definition) is 5. The molecule has 0 saturated carbocycles. The van der Waals surface area contributed by atoms with Crippen LogP contribution in [0.3, 0.4) is 0 Å². The van der Waals surface area contributed by atoms with Gasteiger partial charge in [-0.05, 0) is 29.3 Å². The van der Waals surface area contributed by atoms with Crippen molar-refractivity contribution < 1.29 is 27.4 Å². The summed E-state index contributed by atoms with van der Waals surface area (Å²) >= 11 is 0. The van der Waals surface area contributed by atoms with Gasteiger partial charge in [-0.25, -0.2) is 9.97 Å². The Hall–Kier alpha value is -3.23. The topological polar surface area (TPSA) is 64.6 Å². The Balaban J connectivity index is 1.81. The first-order valence-electron chi connectivity index (χ1n) is 11.5. The number of amides is 1. The maximum absolute atomic E-state index is 13.7. The maximum atomic E-state index is 13.7. The molecule has 2 aromatic carbocycles. The van der Waals surface area contributed by atoms with Crippen molar-refractivity contribution in [1.82, 2.24) is 14.9 Å². The maximum Gasteiger partial charge on any atom is 0.573 e. The number of fused-ring (bicyclic) bond motifs is 1. The Labute approximate surface area is 212 Å². The van der Waals surface area contributed by atoms with Crippen LogP contribution in [-0.4, -0.2) is 86.2 Å². The summed E-state index contributed by atoms with van der Waals surface area (Å²) in [4.78, 5) is 23.8. The van der Waals surface area contributed by atoms with Gasteiger partial charge in [-0.15, -0.1) is 13.2 Å². The van der Waals surface area contributed by atoms with Gasteiger partial charge < -0.3 is 14.4 Å². The standard InChI is InChI=1S/C21H22B6F3N3O3/c22-14-13(15(23)17(25)18(16(14)24)36-21(28,29)30)9-2-3-11-10(6-9)19(34)33(8-20(26,27)35-11)7-12-31-4-1-5-32-12/h1-6H,7-8,22-27H2. The van der Waals surface area contributed by atoms with Crippen molar-refractivity contribution in [2.45, 2.75) is 18.3 Å². The van der Waals surface area contributed by atoms with Crippen molar-refractivity contribution >= 4 is 74.8 Å². The molecular formula is C21H22B6F3N3O3. The molecule has 0 fully saturated rings. The van der Waals surface area contributed by atoms with E-state index in [0.717, 1.165) is 5.56 Å². The van der Waals surface area contributed by atoms with Crippen LogP contribution in [0.4, 0.5) is 13.2 Å². The van der Waals surface area contributed by atoms with E-state index in [2.05, 4.69) is 14.7 Å². The number of alkyl halides is 3. The minimum absolute atomic E-state index is 0.189. The third-order valence-electron chi connectivity index (χ3n) is 6.47. The SMILES string of the molecule is Bc1c(B)c(-c2ccc3c(c2)C(=O)N(Cc2ncccn2)CC(B)(B)O3)c(B)c(B)c1OC(F)(F)F. The zero-order chi connectivity index (χ0) is 26.4. The molecule has 6 nitrogen and oxygen atoms in total. The number of carbonyl (C=O) groups is 1. The van der Waals surface area contributed by atoms with Crippen LogP contribution in [0.15, 0.2) is 36.7 Å². The van der Waals surface area contributed by atoms with E-state index in [1.165, 1.54) is 0 Å². The average Bonchev–Trinajstić information content (AvgIpc) is 2.89. The predicted molar refractivity (Wildman–Crippen MR) is 148 cm³/mol. The van der Waals surface area contributed by atoms with E-state index < -0.39 is 11.8 Å². The van der Waals surface area contributed by atoms with Gasteiger partial charge in [0.05, 0.1) is 17.5 Å². The summed E-state index contributed by atoms with van der Waals surface area (Å²) in [6, 6.07) is 7.03. The Morgan fingerprint density at radius 1 is 1.03 bits per heavy atom. The molecule has 0 spiro atoms. The number of benzene rings is 2. The van der Waals surface area contributed by atoms with Crippen LogP contribution in [0.1, 0.15) is 16.2 Å². The minimum atomic E-state index is -4.79. The summed E-state index contributed by atoms with van der Waals surface area (Å²) in [7, 11) is 10.5. The van der Waals surface area contributed by atoms with E-state index in [9.17, 15) is 18.0 Å². The van der Waals surface area contributed by atoms with Crippen LogP contribution in [0, 0.1) is 0 Å². The zero-order valence-electron chi connectivity index (χ0n) is 21.1. The molecule has 1 amide bonds. The lowest BCUT2D eigenvalue weighted by Crippen LogP contribution is -2.48. The van der Waals surface area contributed by atoms with E-state index >= 15 is 0 Å². The van der Waals surface area contributed by atoms with Crippen LogP contribution in [-0.2, 0) is 6.54 Å². The number of hydrogen-bond donors (Lipinski definition) is 0. The smallest absolute Gasteiger partial charge is 0.503 e. The lowest BCUT2D eigenvalue weighted by molar-refractivity contribution is -0.273. The van der Waals surface area contributed by atoms with E-state index in [1.807, 2.05) is 21.8 Å². The van der Waals surface area contributed by atoms with E-state index in [-0.39, 0.29) is 18.2 Å². The van der Waals surface area contributed by atoms with Gasteiger partial charge in [0.25, 0.3) is 5.91 Å². The van der Waals surface area contributed by atoms with Crippen LogP contribution >= 0.6 is 0 Å². The molecule has 15 heteroatoms. The van der Waals surface area contributed by atoms with Crippen LogP contribution in [0.2, 0.25) is 0 Å². The highest BCUT2D eigenvalue weighted by Crippen LogP contribution is 2.31. The second-order valence-electron chi connectivity index (χ2n) is 9.65. The molecule has 4 rings (SSSR count). The molecule has 1 aliphatic rings. The lowest BCUT2D eigenvalue weighted by atomic mass is 9.65. The monoisotopic (exact) mass is 487 g/mol. The lowest BCUT2D eigenvalue weighted by Gasteiger charge is -2.29.